The van der Waals surface area contributed by atoms with Gasteiger partial charge < -0.3 is 27.1 Å². The van der Waals surface area contributed by atoms with Crippen LogP contribution in [0.25, 0.3) is 0 Å². The van der Waals surface area contributed by atoms with Crippen molar-refractivity contribution in [2.24, 2.45) is 128 Å². The monoisotopic (exact) mass is 933 g/mol. The Bertz CT molecular complexity index is 1320. The summed E-state index contributed by atoms with van der Waals surface area (Å²) in [6.45, 7) is 51.0. The van der Waals surface area contributed by atoms with E-state index in [0.717, 1.165) is 12.8 Å². The third kappa shape index (κ3) is 10.6. The Hall–Kier alpha value is 0.620. The second-order valence-corrected chi connectivity index (χ2v) is 30.9. The van der Waals surface area contributed by atoms with E-state index >= 15 is 0 Å². The number of hydrogen-bond acceptors (Lipinski definition) is 6. The normalized spacial score (nSPS) is 49.7. The van der Waals surface area contributed by atoms with Gasteiger partial charge in [0.15, 0.2) is 0 Å². The average Bonchev–Trinajstić information content (AvgIpc) is 3.46. The Morgan fingerprint density at radius 1 is 0.375 bits per heavy atom. The molecule has 2 saturated heterocycles. The van der Waals surface area contributed by atoms with Crippen LogP contribution in [0.4, 0.5) is 0 Å². The first-order valence-corrected chi connectivity index (χ1v) is 29.3. The van der Waals surface area contributed by atoms with Crippen molar-refractivity contribution in [2.45, 2.75) is 214 Å². The topological polar surface area (TPSA) is 55.4 Å². The van der Waals surface area contributed by atoms with Crippen molar-refractivity contribution in [2.75, 3.05) is 13.2 Å². The Kier molecular flexibility index (Phi) is 16.1. The van der Waals surface area contributed by atoms with Gasteiger partial charge in [-0.2, -0.15) is 0 Å². The molecule has 0 bridgehead atoms. The number of rotatable bonds is 6. The zero-order valence-electron chi connectivity index (χ0n) is 45.1. The molecule has 7 fully saturated rings. The molecule has 2 aliphatic heterocycles. The van der Waals surface area contributed by atoms with Crippen LogP contribution in [0.2, 0.25) is 0 Å². The van der Waals surface area contributed by atoms with Gasteiger partial charge in [-0.05, 0) is 167 Å². The van der Waals surface area contributed by atoms with Gasteiger partial charge in [0.2, 0.25) is 0 Å². The van der Waals surface area contributed by atoms with Crippen molar-refractivity contribution in [3.8, 4) is 0 Å². The van der Waals surface area contributed by atoms with Gasteiger partial charge in [-0.15, -0.1) is 0 Å². The second kappa shape index (κ2) is 19.7. The van der Waals surface area contributed by atoms with E-state index in [9.17, 15) is 0 Å². The van der Waals surface area contributed by atoms with Crippen molar-refractivity contribution in [1.29, 1.82) is 0 Å². The molecule has 5 saturated carbocycles. The van der Waals surface area contributed by atoms with Gasteiger partial charge in [-0.1, -0.05) is 151 Å². The highest BCUT2D eigenvalue weighted by Gasteiger charge is 2.61. The third-order valence-corrected chi connectivity index (χ3v) is 23.0. The molecular weight excluding hydrogens is 831 g/mol. The Balaban J connectivity index is 1.14. The van der Waals surface area contributed by atoms with Gasteiger partial charge in [-0.25, -0.2) is 0 Å². The largest absolute Gasteiger partial charge is 0.333 e. The van der Waals surface area contributed by atoms with E-state index in [-0.39, 0.29) is 46.1 Å². The maximum Gasteiger partial charge on any atom is 0.333 e. The lowest BCUT2D eigenvalue weighted by atomic mass is 9.51. The van der Waals surface area contributed by atoms with Crippen molar-refractivity contribution >= 4 is 17.2 Å². The van der Waals surface area contributed by atoms with Gasteiger partial charge in [-0.3, -0.25) is 0 Å². The Labute approximate surface area is 398 Å². The lowest BCUT2D eigenvalue weighted by Gasteiger charge is -2.56. The molecule has 0 radical (unpaired) electrons. The molecule has 0 aromatic rings. The van der Waals surface area contributed by atoms with Gasteiger partial charge in [0.1, 0.15) is 0 Å². The van der Waals surface area contributed by atoms with Crippen molar-refractivity contribution < 1.29 is 27.1 Å². The van der Waals surface area contributed by atoms with Crippen LogP contribution in [-0.4, -0.2) is 37.6 Å². The molecule has 24 atom stereocenters. The van der Waals surface area contributed by atoms with Gasteiger partial charge in [0.25, 0.3) is 0 Å². The Morgan fingerprint density at radius 2 is 0.594 bits per heavy atom. The molecule has 372 valence electrons. The molecule has 64 heavy (non-hydrogen) atoms. The fraction of sp³-hybridized carbons (Fsp3) is 1.00. The van der Waals surface area contributed by atoms with E-state index in [1.54, 1.807) is 0 Å². The summed E-state index contributed by atoms with van der Waals surface area (Å²) in [6.07, 6.45) is 10.2. The fourth-order valence-corrected chi connectivity index (χ4v) is 18.5. The van der Waals surface area contributed by atoms with Crippen LogP contribution >= 0.6 is 17.2 Å². The van der Waals surface area contributed by atoms with Crippen LogP contribution in [0.15, 0.2) is 0 Å². The Morgan fingerprint density at radius 3 is 0.797 bits per heavy atom. The van der Waals surface area contributed by atoms with E-state index in [1.807, 2.05) is 0 Å². The maximum absolute atomic E-state index is 7.47. The molecule has 7 rings (SSSR count). The molecule has 0 spiro atoms. The van der Waals surface area contributed by atoms with Gasteiger partial charge in [0, 0.05) is 0 Å². The third-order valence-electron chi connectivity index (χ3n) is 20.6. The summed E-state index contributed by atoms with van der Waals surface area (Å²) in [7, 11) is -3.04. The minimum Gasteiger partial charge on any atom is -0.312 e. The highest BCUT2D eigenvalue weighted by atomic mass is 31.2. The summed E-state index contributed by atoms with van der Waals surface area (Å²) in [6, 6.07) is 0. The smallest absolute Gasteiger partial charge is 0.312 e. The summed E-state index contributed by atoms with van der Waals surface area (Å²) >= 11 is 0. The van der Waals surface area contributed by atoms with E-state index in [4.69, 9.17) is 27.1 Å². The fourth-order valence-electron chi connectivity index (χ4n) is 15.6. The zero-order valence-corrected chi connectivity index (χ0v) is 46.9. The highest BCUT2D eigenvalue weighted by molar-refractivity contribution is 7.42. The van der Waals surface area contributed by atoms with Crippen LogP contribution < -0.4 is 0 Å². The van der Waals surface area contributed by atoms with Crippen LogP contribution in [0.5, 0.6) is 0 Å². The van der Waals surface area contributed by atoms with Crippen molar-refractivity contribution in [1.82, 2.24) is 0 Å². The molecule has 5 aliphatic carbocycles. The first-order chi connectivity index (χ1) is 29.6. The molecule has 7 aliphatic rings. The van der Waals surface area contributed by atoms with Gasteiger partial charge in [0.05, 0.1) is 37.6 Å². The average molecular weight is 933 g/mol. The second-order valence-electron chi connectivity index (χ2n) is 28.6. The molecule has 0 aromatic carbocycles. The van der Waals surface area contributed by atoms with E-state index in [1.165, 1.54) is 38.5 Å². The van der Waals surface area contributed by atoms with Gasteiger partial charge >= 0.3 is 17.2 Å². The van der Waals surface area contributed by atoms with Crippen LogP contribution in [0.3, 0.4) is 0 Å². The minimum absolute atomic E-state index is 0.141. The van der Waals surface area contributed by atoms with E-state index in [0.29, 0.717) is 120 Å². The highest BCUT2D eigenvalue weighted by Crippen LogP contribution is 2.66. The zero-order chi connectivity index (χ0) is 47.2. The first kappa shape index (κ1) is 52.4. The summed E-state index contributed by atoms with van der Waals surface area (Å²) < 4.78 is 44.2. The number of fused-ring (bicyclic) bond motifs is 6. The van der Waals surface area contributed by atoms with Crippen LogP contribution in [0, 0.1) is 128 Å². The van der Waals surface area contributed by atoms with E-state index < -0.39 is 17.2 Å². The van der Waals surface area contributed by atoms with Crippen molar-refractivity contribution in [3.63, 3.8) is 0 Å². The minimum atomic E-state index is -1.52. The molecule has 0 amide bonds. The van der Waals surface area contributed by atoms with Crippen LogP contribution in [-0.2, 0) is 27.1 Å². The molecule has 0 aromatic heterocycles. The molecule has 0 N–H and O–H groups in total. The summed E-state index contributed by atoms with van der Waals surface area (Å²) in [4.78, 5) is 0. The lowest BCUT2D eigenvalue weighted by Crippen LogP contribution is -2.56. The first-order valence-electron chi connectivity index (χ1n) is 27.1. The SMILES string of the molecule is CC1C[C@@H](C(C)(C)C)C2OP(OCC3CCCCC3COP3OC4C(C5C(C)C(C)C[C@@H](C(C)(C)C)C5O3)[C@H](C)[C@H](C)CC4C(C)(C)C)OC3C(C2C1C)[C@H](C)[C@H](C)CC3C(C)(C)C. The molecule has 6 nitrogen and oxygen atoms in total. The molecule has 2 heterocycles. The quantitative estimate of drug-likeness (QED) is 0.247. The summed E-state index contributed by atoms with van der Waals surface area (Å²) in [5, 5.41) is 0. The molecule has 8 heteroatoms. The number of hydrogen-bond donors (Lipinski definition) is 0. The van der Waals surface area contributed by atoms with Crippen molar-refractivity contribution in [3.05, 3.63) is 0 Å². The lowest BCUT2D eigenvalue weighted by molar-refractivity contribution is -0.123. The predicted molar refractivity (Wildman–Crippen MR) is 268 cm³/mol. The van der Waals surface area contributed by atoms with Crippen LogP contribution in [0.1, 0.15) is 190 Å². The maximum atomic E-state index is 7.47. The van der Waals surface area contributed by atoms with E-state index in [2.05, 4.69) is 138 Å². The molecule has 18 unspecified atom stereocenters. The standard InChI is InChI=1S/C56H102O6P2/c1-31-25-41(53(9,10)11)49-45(35(31)5)46-36(6)32(2)26-42(54(12,13)14)50(46)60-63(59-49)57-29-39-23-21-22-24-40(39)30-58-64-61-51-43(55(15,16)17)27-33(3)37(7)47(51)48-38(8)34(4)28-44(52(48)62-64)56(18,19)20/h31-52H,21-30H2,1-20H3/t31-,32?,33-,34?,35-,36?,37-,38?,39?,40?,41?,42-,43?,44-,45?,46?,47?,48?,49?,50?,51?,52?,63?,64?/m1/s1. The predicted octanol–water partition coefficient (Wildman–Crippen LogP) is 16.7. The summed E-state index contributed by atoms with van der Waals surface area (Å²) in [5.41, 5.74) is 0.566. The summed E-state index contributed by atoms with van der Waals surface area (Å²) in [5.74, 6) is 9.51. The molecular formula is C56H102O6P2.